The van der Waals surface area contributed by atoms with Crippen LogP contribution in [0.2, 0.25) is 5.02 Å². The number of rotatable bonds is 5. The predicted octanol–water partition coefficient (Wildman–Crippen LogP) is 2.94. The van der Waals surface area contributed by atoms with E-state index in [9.17, 15) is 4.79 Å². The molecule has 0 amide bonds. The Bertz CT molecular complexity index is 380. The van der Waals surface area contributed by atoms with Crippen LogP contribution in [-0.4, -0.2) is 12.9 Å². The van der Waals surface area contributed by atoms with Crippen LogP contribution in [0.3, 0.4) is 0 Å². The van der Waals surface area contributed by atoms with Gasteiger partial charge in [0.25, 0.3) is 0 Å². The van der Waals surface area contributed by atoms with Crippen LogP contribution in [0.1, 0.15) is 23.2 Å². The zero-order chi connectivity index (χ0) is 11.1. The van der Waals surface area contributed by atoms with Gasteiger partial charge in [-0.1, -0.05) is 17.7 Å². The number of benzene rings is 1. The fourth-order valence-electron chi connectivity index (χ4n) is 1.12. The van der Waals surface area contributed by atoms with Gasteiger partial charge in [-0.05, 0) is 18.6 Å². The molecule has 0 unspecified atom stereocenters. The first-order valence-electron chi connectivity index (χ1n) is 4.59. The molecule has 0 saturated heterocycles. The minimum atomic E-state index is 0.436. The van der Waals surface area contributed by atoms with E-state index in [0.717, 1.165) is 12.7 Å². The zero-order valence-electron chi connectivity index (χ0n) is 8.20. The molecule has 78 valence electrons. The van der Waals surface area contributed by atoms with E-state index in [0.29, 0.717) is 29.4 Å². The maximum Gasteiger partial charge on any atom is 0.153 e. The van der Waals surface area contributed by atoms with E-state index in [1.54, 1.807) is 18.2 Å². The first-order valence-corrected chi connectivity index (χ1v) is 4.97. The first-order chi connectivity index (χ1) is 7.29. The molecular weight excluding hydrogens is 212 g/mol. The molecule has 0 aliphatic heterocycles. The summed E-state index contributed by atoms with van der Waals surface area (Å²) < 4.78 is 5.40. The third-order valence-corrected chi connectivity index (χ3v) is 2.13. The summed E-state index contributed by atoms with van der Waals surface area (Å²) >= 11 is 5.90. The highest BCUT2D eigenvalue weighted by molar-refractivity contribution is 6.32. The average Bonchev–Trinajstić information content (AvgIpc) is 2.26. The molecule has 0 spiro atoms. The molecular formula is C12H11ClO2. The Kier molecular flexibility index (Phi) is 4.73. The molecule has 0 saturated carbocycles. The van der Waals surface area contributed by atoms with Gasteiger partial charge in [-0.25, -0.2) is 0 Å². The lowest BCUT2D eigenvalue weighted by Gasteiger charge is -2.08. The largest absolute Gasteiger partial charge is 0.491 e. The van der Waals surface area contributed by atoms with Crippen LogP contribution in [-0.2, 0) is 0 Å². The molecule has 3 heteroatoms. The second kappa shape index (κ2) is 6.10. The van der Waals surface area contributed by atoms with E-state index < -0.39 is 0 Å². The molecule has 1 rings (SSSR count). The summed E-state index contributed by atoms with van der Waals surface area (Å²) in [5, 5.41) is 0.445. The van der Waals surface area contributed by atoms with Crippen molar-refractivity contribution in [3.05, 3.63) is 28.8 Å². The van der Waals surface area contributed by atoms with Crippen LogP contribution in [0.5, 0.6) is 5.75 Å². The molecule has 0 heterocycles. The lowest BCUT2D eigenvalue weighted by Crippen LogP contribution is -2.00. The van der Waals surface area contributed by atoms with Crippen molar-refractivity contribution in [3.63, 3.8) is 0 Å². The van der Waals surface area contributed by atoms with E-state index in [-0.39, 0.29) is 0 Å². The van der Waals surface area contributed by atoms with Gasteiger partial charge >= 0.3 is 0 Å². The lowest BCUT2D eigenvalue weighted by atomic mass is 10.2. The quantitative estimate of drug-likeness (QED) is 0.435. The summed E-state index contributed by atoms with van der Waals surface area (Å²) in [6.45, 7) is 0.467. The maximum absolute atomic E-state index is 10.7. The second-order valence-corrected chi connectivity index (χ2v) is 3.34. The summed E-state index contributed by atoms with van der Waals surface area (Å²) in [5.74, 6) is 2.95. The third-order valence-electron chi connectivity index (χ3n) is 1.84. The molecule has 0 atom stereocenters. The highest BCUT2D eigenvalue weighted by Gasteiger charge is 2.06. The summed E-state index contributed by atoms with van der Waals surface area (Å²) in [6.07, 6.45) is 7.23. The summed E-state index contributed by atoms with van der Waals surface area (Å²) in [7, 11) is 0. The van der Waals surface area contributed by atoms with Crippen LogP contribution in [0, 0.1) is 12.3 Å². The van der Waals surface area contributed by atoms with E-state index in [1.807, 2.05) is 0 Å². The Morgan fingerprint density at radius 3 is 3.00 bits per heavy atom. The average molecular weight is 223 g/mol. The number of aldehydes is 1. The number of carbonyl (C=O) groups is 1. The molecule has 0 fully saturated rings. The number of terminal acetylenes is 1. The molecule has 0 N–H and O–H groups in total. The van der Waals surface area contributed by atoms with Crippen molar-refractivity contribution in [1.82, 2.24) is 0 Å². The third kappa shape index (κ3) is 3.30. The highest BCUT2D eigenvalue weighted by Crippen LogP contribution is 2.27. The maximum atomic E-state index is 10.7. The number of halogens is 1. The van der Waals surface area contributed by atoms with E-state index in [1.165, 1.54) is 0 Å². The van der Waals surface area contributed by atoms with Crippen LogP contribution in [0.25, 0.3) is 0 Å². The molecule has 0 aliphatic carbocycles. The van der Waals surface area contributed by atoms with Gasteiger partial charge in [0.15, 0.2) is 6.29 Å². The van der Waals surface area contributed by atoms with Gasteiger partial charge in [0, 0.05) is 6.42 Å². The Morgan fingerprint density at radius 2 is 2.33 bits per heavy atom. The van der Waals surface area contributed by atoms with Crippen LogP contribution in [0.4, 0.5) is 0 Å². The molecule has 0 radical (unpaired) electrons. The monoisotopic (exact) mass is 222 g/mol. The fraction of sp³-hybridized carbons (Fsp3) is 0.250. The Hall–Kier alpha value is -1.46. The first kappa shape index (κ1) is 11.6. The zero-order valence-corrected chi connectivity index (χ0v) is 8.96. The SMILES string of the molecule is C#CCCCOc1c(Cl)cccc1C=O. The molecule has 15 heavy (non-hydrogen) atoms. The molecule has 1 aromatic carbocycles. The highest BCUT2D eigenvalue weighted by atomic mass is 35.5. The summed E-state index contributed by atoms with van der Waals surface area (Å²) in [4.78, 5) is 10.7. The van der Waals surface area contributed by atoms with Crippen LogP contribution >= 0.6 is 11.6 Å². The van der Waals surface area contributed by atoms with Crippen molar-refractivity contribution in [2.75, 3.05) is 6.61 Å². The number of unbranched alkanes of at least 4 members (excludes halogenated alkanes) is 1. The van der Waals surface area contributed by atoms with Crippen LogP contribution < -0.4 is 4.74 Å². The Labute approximate surface area is 94.2 Å². The number of ether oxygens (including phenoxy) is 1. The van der Waals surface area contributed by atoms with Gasteiger partial charge in [-0.15, -0.1) is 12.3 Å². The fourth-order valence-corrected chi connectivity index (χ4v) is 1.36. The normalized spacial score (nSPS) is 9.33. The second-order valence-electron chi connectivity index (χ2n) is 2.93. The van der Waals surface area contributed by atoms with Gasteiger partial charge in [-0.3, -0.25) is 4.79 Å². The van der Waals surface area contributed by atoms with Gasteiger partial charge < -0.3 is 4.74 Å². The van der Waals surface area contributed by atoms with Crippen molar-refractivity contribution < 1.29 is 9.53 Å². The minimum absolute atomic E-state index is 0.436. The van der Waals surface area contributed by atoms with Gasteiger partial charge in [-0.2, -0.15) is 0 Å². The van der Waals surface area contributed by atoms with Crippen molar-refractivity contribution in [2.24, 2.45) is 0 Å². The lowest BCUT2D eigenvalue weighted by molar-refractivity contribution is 0.111. The number of carbonyl (C=O) groups excluding carboxylic acids is 1. The van der Waals surface area contributed by atoms with Crippen molar-refractivity contribution in [3.8, 4) is 18.1 Å². The van der Waals surface area contributed by atoms with Crippen LogP contribution in [0.15, 0.2) is 18.2 Å². The van der Waals surface area contributed by atoms with Gasteiger partial charge in [0.2, 0.25) is 0 Å². The van der Waals surface area contributed by atoms with Gasteiger partial charge in [0.05, 0.1) is 17.2 Å². The molecule has 0 aromatic heterocycles. The predicted molar refractivity (Wildman–Crippen MR) is 60.4 cm³/mol. The van der Waals surface area contributed by atoms with Crippen molar-refractivity contribution >= 4 is 17.9 Å². The molecule has 0 bridgehead atoms. The Balaban J connectivity index is 2.67. The smallest absolute Gasteiger partial charge is 0.153 e. The van der Waals surface area contributed by atoms with E-state index in [2.05, 4.69) is 5.92 Å². The summed E-state index contributed by atoms with van der Waals surface area (Å²) in [6, 6.07) is 5.06. The van der Waals surface area contributed by atoms with Crippen molar-refractivity contribution in [1.29, 1.82) is 0 Å². The number of hydrogen-bond donors (Lipinski definition) is 0. The van der Waals surface area contributed by atoms with Crippen molar-refractivity contribution in [2.45, 2.75) is 12.8 Å². The number of hydrogen-bond acceptors (Lipinski definition) is 2. The molecule has 1 aromatic rings. The number of para-hydroxylation sites is 1. The van der Waals surface area contributed by atoms with E-state index >= 15 is 0 Å². The molecule has 2 nitrogen and oxygen atoms in total. The minimum Gasteiger partial charge on any atom is -0.491 e. The standard InChI is InChI=1S/C12H11ClO2/c1-2-3-4-8-15-12-10(9-14)6-5-7-11(12)13/h1,5-7,9H,3-4,8H2. The Morgan fingerprint density at radius 1 is 1.53 bits per heavy atom. The topological polar surface area (TPSA) is 26.3 Å². The van der Waals surface area contributed by atoms with Gasteiger partial charge in [0.1, 0.15) is 5.75 Å². The van der Waals surface area contributed by atoms with E-state index in [4.69, 9.17) is 22.8 Å². The molecule has 0 aliphatic rings. The summed E-state index contributed by atoms with van der Waals surface area (Å²) in [5.41, 5.74) is 0.461.